The van der Waals surface area contributed by atoms with Crippen molar-refractivity contribution in [3.05, 3.63) is 38.6 Å². The SMILES string of the molecule is Cc1ncc(CC(=O)NCC2CCCCN2c2ccc(=O)n(C3CCCCC3O)n2)s1. The zero-order valence-corrected chi connectivity index (χ0v) is 18.8. The first kappa shape index (κ1) is 22.0. The van der Waals surface area contributed by atoms with Gasteiger partial charge >= 0.3 is 0 Å². The number of anilines is 1. The van der Waals surface area contributed by atoms with Gasteiger partial charge in [-0.2, -0.15) is 5.10 Å². The second-order valence-electron chi connectivity index (χ2n) is 8.56. The van der Waals surface area contributed by atoms with Crippen molar-refractivity contribution in [3.8, 4) is 0 Å². The normalized spacial score (nSPS) is 24.2. The molecule has 168 valence electrons. The van der Waals surface area contributed by atoms with E-state index < -0.39 is 6.10 Å². The Hall–Kier alpha value is -2.26. The van der Waals surface area contributed by atoms with E-state index in [1.807, 2.05) is 6.92 Å². The number of nitrogens with zero attached hydrogens (tertiary/aromatic N) is 4. The lowest BCUT2D eigenvalue weighted by molar-refractivity contribution is -0.120. The van der Waals surface area contributed by atoms with E-state index in [0.29, 0.717) is 19.4 Å². The van der Waals surface area contributed by atoms with Crippen LogP contribution in [-0.4, -0.2) is 51.0 Å². The van der Waals surface area contributed by atoms with Crippen LogP contribution in [0.3, 0.4) is 0 Å². The van der Waals surface area contributed by atoms with Gasteiger partial charge in [-0.3, -0.25) is 9.59 Å². The Bertz CT molecular complexity index is 959. The molecule has 0 bridgehead atoms. The van der Waals surface area contributed by atoms with Crippen molar-refractivity contribution in [1.29, 1.82) is 0 Å². The van der Waals surface area contributed by atoms with Gasteiger partial charge in [-0.25, -0.2) is 9.67 Å². The molecule has 1 aliphatic heterocycles. The number of hydrogen-bond donors (Lipinski definition) is 2. The molecule has 2 aromatic heterocycles. The van der Waals surface area contributed by atoms with E-state index >= 15 is 0 Å². The molecule has 8 nitrogen and oxygen atoms in total. The number of rotatable bonds is 6. The monoisotopic (exact) mass is 445 g/mol. The van der Waals surface area contributed by atoms with Crippen LogP contribution in [0.5, 0.6) is 0 Å². The number of aliphatic hydroxyl groups excluding tert-OH is 1. The Kier molecular flexibility index (Phi) is 7.02. The fraction of sp³-hybridized carbons (Fsp3) is 0.636. The third kappa shape index (κ3) is 5.33. The summed E-state index contributed by atoms with van der Waals surface area (Å²) in [4.78, 5) is 32.3. The number of aliphatic hydroxyl groups is 1. The number of carbonyl (C=O) groups excluding carboxylic acids is 1. The molecule has 1 saturated heterocycles. The van der Waals surface area contributed by atoms with Crippen LogP contribution < -0.4 is 15.8 Å². The fourth-order valence-corrected chi connectivity index (χ4v) is 5.43. The molecule has 2 fully saturated rings. The summed E-state index contributed by atoms with van der Waals surface area (Å²) in [7, 11) is 0. The van der Waals surface area contributed by atoms with E-state index in [-0.39, 0.29) is 23.6 Å². The van der Waals surface area contributed by atoms with E-state index in [9.17, 15) is 14.7 Å². The number of aryl methyl sites for hydroxylation is 1. The maximum absolute atomic E-state index is 12.5. The zero-order valence-electron chi connectivity index (χ0n) is 18.0. The summed E-state index contributed by atoms with van der Waals surface area (Å²) in [6.07, 6.45) is 8.17. The Morgan fingerprint density at radius 2 is 2.03 bits per heavy atom. The minimum absolute atomic E-state index is 0.00238. The van der Waals surface area contributed by atoms with E-state index in [4.69, 9.17) is 0 Å². The first-order valence-corrected chi connectivity index (χ1v) is 12.1. The van der Waals surface area contributed by atoms with Gasteiger partial charge in [-0.15, -0.1) is 11.3 Å². The maximum atomic E-state index is 12.5. The van der Waals surface area contributed by atoms with Gasteiger partial charge in [0.25, 0.3) is 5.56 Å². The summed E-state index contributed by atoms with van der Waals surface area (Å²) in [5, 5.41) is 19.1. The number of piperidine rings is 1. The second kappa shape index (κ2) is 9.91. The summed E-state index contributed by atoms with van der Waals surface area (Å²) in [5.74, 6) is 0.742. The molecule has 3 unspecified atom stereocenters. The predicted octanol–water partition coefficient (Wildman–Crippen LogP) is 2.20. The predicted molar refractivity (Wildman–Crippen MR) is 121 cm³/mol. The Morgan fingerprint density at radius 3 is 2.81 bits per heavy atom. The molecular formula is C22H31N5O3S. The van der Waals surface area contributed by atoms with Crippen molar-refractivity contribution in [1.82, 2.24) is 20.1 Å². The molecule has 1 aliphatic carbocycles. The van der Waals surface area contributed by atoms with Gasteiger partial charge < -0.3 is 15.3 Å². The summed E-state index contributed by atoms with van der Waals surface area (Å²) in [5.41, 5.74) is -0.170. The highest BCUT2D eigenvalue weighted by Crippen LogP contribution is 2.28. The van der Waals surface area contributed by atoms with Crippen molar-refractivity contribution in [2.75, 3.05) is 18.0 Å². The van der Waals surface area contributed by atoms with E-state index in [2.05, 4.69) is 20.3 Å². The summed E-state index contributed by atoms with van der Waals surface area (Å²) in [6, 6.07) is 3.21. The van der Waals surface area contributed by atoms with Crippen LogP contribution in [0.4, 0.5) is 5.82 Å². The molecule has 1 amide bonds. The molecule has 2 aliphatic rings. The highest BCUT2D eigenvalue weighted by atomic mass is 32.1. The van der Waals surface area contributed by atoms with Gasteiger partial charge in [0.2, 0.25) is 5.91 Å². The van der Waals surface area contributed by atoms with Crippen LogP contribution in [0.2, 0.25) is 0 Å². The first-order chi connectivity index (χ1) is 15.0. The lowest BCUT2D eigenvalue weighted by Crippen LogP contribution is -2.48. The maximum Gasteiger partial charge on any atom is 0.267 e. The van der Waals surface area contributed by atoms with Crippen LogP contribution in [0.1, 0.15) is 60.9 Å². The van der Waals surface area contributed by atoms with Gasteiger partial charge in [0.05, 0.1) is 23.6 Å². The van der Waals surface area contributed by atoms with Crippen LogP contribution >= 0.6 is 11.3 Å². The summed E-state index contributed by atoms with van der Waals surface area (Å²) >= 11 is 1.55. The number of thiazole rings is 1. The smallest absolute Gasteiger partial charge is 0.267 e. The number of aromatic nitrogens is 3. The van der Waals surface area contributed by atoms with Crippen molar-refractivity contribution in [2.45, 2.75) is 76.5 Å². The molecule has 0 spiro atoms. The van der Waals surface area contributed by atoms with E-state index in [0.717, 1.165) is 60.8 Å². The third-order valence-corrected chi connectivity index (χ3v) is 7.19. The van der Waals surface area contributed by atoms with Gasteiger partial charge in [-0.1, -0.05) is 12.8 Å². The van der Waals surface area contributed by atoms with Crippen LogP contribution in [-0.2, 0) is 11.2 Å². The fourth-order valence-electron chi connectivity index (χ4n) is 4.64. The quantitative estimate of drug-likeness (QED) is 0.707. The standard InChI is InChI=1S/C22H31N5O3S/c1-15-23-14-17(31-15)12-21(29)24-13-16-6-4-5-11-26(16)20-9-10-22(30)27(25-20)18-7-2-3-8-19(18)28/h9-10,14,16,18-19,28H,2-8,11-13H2,1H3,(H,24,29). The average molecular weight is 446 g/mol. The second-order valence-corrected chi connectivity index (χ2v) is 9.88. The Labute approximate surface area is 186 Å². The molecule has 2 aromatic rings. The van der Waals surface area contributed by atoms with Crippen molar-refractivity contribution < 1.29 is 9.90 Å². The Balaban J connectivity index is 1.45. The highest BCUT2D eigenvalue weighted by molar-refractivity contribution is 7.11. The molecule has 0 aromatic carbocycles. The number of hydrogen-bond acceptors (Lipinski definition) is 7. The van der Waals surface area contributed by atoms with E-state index in [1.165, 1.54) is 4.68 Å². The lowest BCUT2D eigenvalue weighted by atomic mass is 9.93. The number of amides is 1. The van der Waals surface area contributed by atoms with Crippen molar-refractivity contribution >= 4 is 23.1 Å². The highest BCUT2D eigenvalue weighted by Gasteiger charge is 2.29. The summed E-state index contributed by atoms with van der Waals surface area (Å²) < 4.78 is 1.48. The van der Waals surface area contributed by atoms with Gasteiger partial charge in [0.1, 0.15) is 5.82 Å². The first-order valence-electron chi connectivity index (χ1n) is 11.2. The lowest BCUT2D eigenvalue weighted by Gasteiger charge is -2.37. The minimum atomic E-state index is -0.527. The summed E-state index contributed by atoms with van der Waals surface area (Å²) in [6.45, 7) is 3.32. The molecule has 3 atom stereocenters. The van der Waals surface area contributed by atoms with Gasteiger partial charge in [0, 0.05) is 36.3 Å². The van der Waals surface area contributed by atoms with Crippen molar-refractivity contribution in [2.24, 2.45) is 0 Å². The van der Waals surface area contributed by atoms with Gasteiger partial charge in [-0.05, 0) is 45.1 Å². The van der Waals surface area contributed by atoms with Crippen molar-refractivity contribution in [3.63, 3.8) is 0 Å². The molecule has 2 N–H and O–H groups in total. The average Bonchev–Trinajstić information content (AvgIpc) is 3.18. The molecular weight excluding hydrogens is 414 g/mol. The Morgan fingerprint density at radius 1 is 1.23 bits per heavy atom. The molecule has 4 rings (SSSR count). The molecule has 1 saturated carbocycles. The van der Waals surface area contributed by atoms with Crippen LogP contribution in [0, 0.1) is 6.92 Å². The third-order valence-electron chi connectivity index (χ3n) is 6.28. The molecule has 0 radical (unpaired) electrons. The van der Waals surface area contributed by atoms with Crippen LogP contribution in [0.25, 0.3) is 0 Å². The minimum Gasteiger partial charge on any atom is -0.391 e. The largest absolute Gasteiger partial charge is 0.391 e. The van der Waals surface area contributed by atoms with Gasteiger partial charge in [0.15, 0.2) is 0 Å². The topological polar surface area (TPSA) is 100 Å². The number of nitrogens with one attached hydrogen (secondary N) is 1. The molecule has 3 heterocycles. The number of carbonyl (C=O) groups is 1. The van der Waals surface area contributed by atoms with E-state index in [1.54, 1.807) is 29.7 Å². The molecule has 9 heteroatoms. The van der Waals surface area contributed by atoms with Crippen LogP contribution in [0.15, 0.2) is 23.1 Å². The zero-order chi connectivity index (χ0) is 21.8. The molecule has 31 heavy (non-hydrogen) atoms.